The van der Waals surface area contributed by atoms with Gasteiger partial charge in [-0.3, -0.25) is 0 Å². The van der Waals surface area contributed by atoms with E-state index in [1.54, 1.807) is 21.3 Å². The summed E-state index contributed by atoms with van der Waals surface area (Å²) in [5.41, 5.74) is 1.14. The summed E-state index contributed by atoms with van der Waals surface area (Å²) in [4.78, 5) is 2.43. The molecule has 3 atom stereocenters. The molecule has 130 valence electrons. The summed E-state index contributed by atoms with van der Waals surface area (Å²) in [7, 11) is 7.13. The van der Waals surface area contributed by atoms with E-state index < -0.39 is 0 Å². The molecule has 5 nitrogen and oxygen atoms in total. The lowest BCUT2D eigenvalue weighted by Crippen LogP contribution is -2.50. The van der Waals surface area contributed by atoms with Crippen molar-refractivity contribution >= 4 is 0 Å². The molecule has 1 aromatic rings. The van der Waals surface area contributed by atoms with E-state index in [1.165, 1.54) is 6.42 Å². The van der Waals surface area contributed by atoms with Crippen LogP contribution in [0, 0.1) is 5.92 Å². The molecule has 5 heteroatoms. The van der Waals surface area contributed by atoms with Crippen LogP contribution < -0.4 is 19.5 Å². The van der Waals surface area contributed by atoms with Gasteiger partial charge in [0, 0.05) is 25.2 Å². The summed E-state index contributed by atoms with van der Waals surface area (Å²) < 4.78 is 16.2. The second-order valence-corrected chi connectivity index (χ2v) is 6.52. The van der Waals surface area contributed by atoms with Crippen LogP contribution in [0.2, 0.25) is 0 Å². The number of ether oxygens (including phenoxy) is 3. The third-order valence-corrected chi connectivity index (χ3v) is 4.90. The predicted molar refractivity (Wildman–Crippen MR) is 92.6 cm³/mol. The van der Waals surface area contributed by atoms with Crippen LogP contribution in [0.3, 0.4) is 0 Å². The largest absolute Gasteiger partial charge is 0.493 e. The molecule has 0 saturated carbocycles. The van der Waals surface area contributed by atoms with Crippen molar-refractivity contribution in [2.24, 2.45) is 5.92 Å². The number of methoxy groups -OCH3 is 3. The Balaban J connectivity index is 2.08. The Labute approximate surface area is 139 Å². The highest BCUT2D eigenvalue weighted by Crippen LogP contribution is 2.38. The maximum atomic E-state index is 5.42. The van der Waals surface area contributed by atoms with Gasteiger partial charge in [-0.25, -0.2) is 0 Å². The summed E-state index contributed by atoms with van der Waals surface area (Å²) in [5.74, 6) is 2.68. The lowest BCUT2D eigenvalue weighted by Gasteiger charge is -2.40. The van der Waals surface area contributed by atoms with E-state index in [0.717, 1.165) is 18.7 Å². The van der Waals surface area contributed by atoms with Crippen molar-refractivity contribution < 1.29 is 14.2 Å². The maximum absolute atomic E-state index is 5.42. The van der Waals surface area contributed by atoms with E-state index in [9.17, 15) is 0 Å². The molecule has 0 amide bonds. The molecule has 2 rings (SSSR count). The Morgan fingerprint density at radius 3 is 2.22 bits per heavy atom. The molecule has 1 saturated heterocycles. The van der Waals surface area contributed by atoms with Gasteiger partial charge in [0.25, 0.3) is 0 Å². The molecule has 1 fully saturated rings. The predicted octanol–water partition coefficient (Wildman–Crippen LogP) is 2.53. The van der Waals surface area contributed by atoms with Crippen LogP contribution in [0.1, 0.15) is 25.8 Å². The summed E-state index contributed by atoms with van der Waals surface area (Å²) in [5, 5.41) is 3.70. The van der Waals surface area contributed by atoms with Crippen molar-refractivity contribution in [1.29, 1.82) is 0 Å². The first kappa shape index (κ1) is 17.9. The fourth-order valence-corrected chi connectivity index (χ4v) is 3.31. The van der Waals surface area contributed by atoms with Crippen molar-refractivity contribution in [3.05, 3.63) is 17.7 Å². The first-order valence-corrected chi connectivity index (χ1v) is 8.22. The fraction of sp³-hybridized carbons (Fsp3) is 0.667. The third kappa shape index (κ3) is 4.09. The number of rotatable bonds is 6. The van der Waals surface area contributed by atoms with Gasteiger partial charge in [0.2, 0.25) is 5.75 Å². The average molecular weight is 322 g/mol. The van der Waals surface area contributed by atoms with E-state index in [0.29, 0.717) is 35.3 Å². The van der Waals surface area contributed by atoms with Gasteiger partial charge in [-0.2, -0.15) is 0 Å². The maximum Gasteiger partial charge on any atom is 0.203 e. The molecule has 3 unspecified atom stereocenters. The molecule has 1 heterocycles. The van der Waals surface area contributed by atoms with Gasteiger partial charge in [-0.05, 0) is 44.0 Å². The Morgan fingerprint density at radius 1 is 1.09 bits per heavy atom. The van der Waals surface area contributed by atoms with Gasteiger partial charge in [0.05, 0.1) is 21.3 Å². The minimum absolute atomic E-state index is 0.528. The van der Waals surface area contributed by atoms with E-state index >= 15 is 0 Å². The topological polar surface area (TPSA) is 43.0 Å². The second kappa shape index (κ2) is 7.88. The van der Waals surface area contributed by atoms with E-state index in [2.05, 4.69) is 31.1 Å². The van der Waals surface area contributed by atoms with E-state index in [4.69, 9.17) is 14.2 Å². The van der Waals surface area contributed by atoms with Crippen molar-refractivity contribution in [2.45, 2.75) is 38.9 Å². The smallest absolute Gasteiger partial charge is 0.203 e. The molecular formula is C18H30N2O3. The van der Waals surface area contributed by atoms with Gasteiger partial charge in [0.1, 0.15) is 0 Å². The van der Waals surface area contributed by atoms with Gasteiger partial charge < -0.3 is 24.4 Å². The van der Waals surface area contributed by atoms with Crippen molar-refractivity contribution in [2.75, 3.05) is 34.9 Å². The number of nitrogens with one attached hydrogen (secondary N) is 1. The number of nitrogens with zero attached hydrogens (tertiary/aromatic N) is 1. The molecule has 1 aromatic carbocycles. The standard InChI is InChI=1S/C18H30N2O3/c1-12-11-20(3)13(2)7-15(12)19-10-14-8-16(21-4)18(23-6)17(9-14)22-5/h8-9,12-13,15,19H,7,10-11H2,1-6H3. The van der Waals surface area contributed by atoms with E-state index in [-0.39, 0.29) is 0 Å². The highest BCUT2D eigenvalue weighted by Gasteiger charge is 2.28. The molecule has 1 N–H and O–H groups in total. The number of hydrogen-bond acceptors (Lipinski definition) is 5. The van der Waals surface area contributed by atoms with Crippen LogP contribution in [0.5, 0.6) is 17.2 Å². The first-order valence-electron chi connectivity index (χ1n) is 8.22. The normalized spacial score (nSPS) is 25.2. The van der Waals surface area contributed by atoms with Crippen molar-refractivity contribution in [3.8, 4) is 17.2 Å². The second-order valence-electron chi connectivity index (χ2n) is 6.52. The zero-order valence-electron chi connectivity index (χ0n) is 15.2. The molecule has 0 radical (unpaired) electrons. The van der Waals surface area contributed by atoms with Gasteiger partial charge in [-0.15, -0.1) is 0 Å². The highest BCUT2D eigenvalue weighted by atomic mass is 16.5. The summed E-state index contributed by atoms with van der Waals surface area (Å²) in [6, 6.07) is 5.17. The molecule has 0 spiro atoms. The van der Waals surface area contributed by atoms with Crippen LogP contribution in [0.4, 0.5) is 0 Å². The number of piperidine rings is 1. The van der Waals surface area contributed by atoms with Crippen molar-refractivity contribution in [1.82, 2.24) is 10.2 Å². The minimum atomic E-state index is 0.528. The van der Waals surface area contributed by atoms with Crippen LogP contribution in [-0.4, -0.2) is 51.9 Å². The lowest BCUT2D eigenvalue weighted by molar-refractivity contribution is 0.121. The van der Waals surface area contributed by atoms with Crippen molar-refractivity contribution in [3.63, 3.8) is 0 Å². The average Bonchev–Trinajstić information content (AvgIpc) is 2.55. The summed E-state index contributed by atoms with van der Waals surface area (Å²) >= 11 is 0. The van der Waals surface area contributed by atoms with Gasteiger partial charge >= 0.3 is 0 Å². The zero-order valence-corrected chi connectivity index (χ0v) is 15.2. The first-order chi connectivity index (χ1) is 11.0. The van der Waals surface area contributed by atoms with Crippen LogP contribution in [-0.2, 0) is 6.54 Å². The lowest BCUT2D eigenvalue weighted by atomic mass is 9.89. The molecule has 1 aliphatic rings. The molecule has 23 heavy (non-hydrogen) atoms. The van der Waals surface area contributed by atoms with E-state index in [1.807, 2.05) is 12.1 Å². The number of hydrogen-bond donors (Lipinski definition) is 1. The minimum Gasteiger partial charge on any atom is -0.493 e. The molecule has 0 aliphatic carbocycles. The van der Waals surface area contributed by atoms with Gasteiger partial charge in [-0.1, -0.05) is 6.92 Å². The zero-order chi connectivity index (χ0) is 17.0. The van der Waals surface area contributed by atoms with Gasteiger partial charge in [0.15, 0.2) is 11.5 Å². The quantitative estimate of drug-likeness (QED) is 0.872. The molecular weight excluding hydrogens is 292 g/mol. The SMILES string of the molecule is COc1cc(CNC2CC(C)N(C)CC2C)cc(OC)c1OC. The highest BCUT2D eigenvalue weighted by molar-refractivity contribution is 5.53. The number of benzene rings is 1. The third-order valence-electron chi connectivity index (χ3n) is 4.90. The Bertz CT molecular complexity index is 496. The Kier molecular flexibility index (Phi) is 6.13. The van der Waals surface area contributed by atoms with Crippen LogP contribution >= 0.6 is 0 Å². The van der Waals surface area contributed by atoms with Crippen LogP contribution in [0.25, 0.3) is 0 Å². The molecule has 0 bridgehead atoms. The number of likely N-dealkylation sites (tertiary alicyclic amines) is 1. The summed E-state index contributed by atoms with van der Waals surface area (Å²) in [6.07, 6.45) is 1.17. The fourth-order valence-electron chi connectivity index (χ4n) is 3.31. The monoisotopic (exact) mass is 322 g/mol. The summed E-state index contributed by atoms with van der Waals surface area (Å²) in [6.45, 7) is 6.53. The molecule has 1 aliphatic heterocycles. The Hall–Kier alpha value is -1.46. The van der Waals surface area contributed by atoms with Crippen LogP contribution in [0.15, 0.2) is 12.1 Å². The molecule has 0 aromatic heterocycles. The Morgan fingerprint density at radius 2 is 1.70 bits per heavy atom.